The fourth-order valence-electron chi connectivity index (χ4n) is 7.71. The fourth-order valence-corrected chi connectivity index (χ4v) is 8.20. The normalized spacial score (nSPS) is 14.7. The van der Waals surface area contributed by atoms with Crippen molar-refractivity contribution in [2.75, 3.05) is 12.3 Å². The Morgan fingerprint density at radius 1 is 0.745 bits per heavy atom. The first-order valence-electron chi connectivity index (χ1n) is 18.9. The number of nitrogens with zero attached hydrogens (tertiary/aromatic N) is 1. The highest BCUT2D eigenvalue weighted by molar-refractivity contribution is 7.85. The molecule has 0 atom stereocenters. The van der Waals surface area contributed by atoms with E-state index in [-0.39, 0.29) is 28.8 Å². The second-order valence-corrected chi connectivity index (χ2v) is 17.9. The van der Waals surface area contributed by atoms with Crippen LogP contribution in [0.1, 0.15) is 92.5 Å². The molecule has 0 amide bonds. The maximum atomic E-state index is 11.9. The highest BCUT2D eigenvalue weighted by Crippen LogP contribution is 2.41. The third-order valence-electron chi connectivity index (χ3n) is 11.4. The third-order valence-corrected chi connectivity index (χ3v) is 12.2. The van der Waals surface area contributed by atoms with Crippen molar-refractivity contribution < 1.29 is 22.7 Å². The summed E-state index contributed by atoms with van der Waals surface area (Å²) in [6.45, 7) is 26.6. The number of aryl methyl sites for hydroxylation is 2. The SMILES string of the molecule is C=C(/C=C/c1cc(/C=C/C(=C)C(C)(C)c2ccccc2C)c(O)c(/C=C/C2=[N+](CCCS(=O)(=O)O)c3ccccc3C2(C)C)c1)C(C)(C)c1ccccc1C. The van der Waals surface area contributed by atoms with Crippen molar-refractivity contribution in [2.24, 2.45) is 0 Å². The van der Waals surface area contributed by atoms with Gasteiger partial charge in [0.25, 0.3) is 10.1 Å². The summed E-state index contributed by atoms with van der Waals surface area (Å²) in [5, 5.41) is 11.9. The molecule has 2 N–H and O–H groups in total. The van der Waals surface area contributed by atoms with Crippen molar-refractivity contribution in [3.8, 4) is 5.75 Å². The summed E-state index contributed by atoms with van der Waals surface area (Å²) in [4.78, 5) is 0. The van der Waals surface area contributed by atoms with E-state index in [1.807, 2.05) is 78.9 Å². The van der Waals surface area contributed by atoms with Crippen molar-refractivity contribution >= 4 is 39.7 Å². The minimum Gasteiger partial charge on any atom is -0.507 e. The van der Waals surface area contributed by atoms with Crippen LogP contribution in [0.4, 0.5) is 5.69 Å². The van der Waals surface area contributed by atoms with Crippen molar-refractivity contribution in [1.82, 2.24) is 0 Å². The monoisotopic (exact) mass is 754 g/mol. The highest BCUT2D eigenvalue weighted by Gasteiger charge is 2.44. The van der Waals surface area contributed by atoms with Gasteiger partial charge in [0.2, 0.25) is 5.69 Å². The summed E-state index contributed by atoms with van der Waals surface area (Å²) in [7, 11) is -4.10. The van der Waals surface area contributed by atoms with E-state index in [1.165, 1.54) is 22.3 Å². The van der Waals surface area contributed by atoms with Crippen molar-refractivity contribution in [3.63, 3.8) is 0 Å². The minimum atomic E-state index is -4.10. The van der Waals surface area contributed by atoms with Crippen LogP contribution in [0.15, 0.2) is 127 Å². The number of para-hydroxylation sites is 1. The van der Waals surface area contributed by atoms with E-state index in [0.717, 1.165) is 33.7 Å². The lowest BCUT2D eigenvalue weighted by Crippen LogP contribution is -2.28. The maximum Gasteiger partial charge on any atom is 0.265 e. The molecule has 0 unspecified atom stereocenters. The molecule has 55 heavy (non-hydrogen) atoms. The first-order chi connectivity index (χ1) is 25.7. The molecule has 0 radical (unpaired) electrons. The minimum absolute atomic E-state index is 0.136. The van der Waals surface area contributed by atoms with Gasteiger partial charge in [-0.15, -0.1) is 0 Å². The summed E-state index contributed by atoms with van der Waals surface area (Å²) in [5.41, 5.74) is 10.9. The molecule has 5 rings (SSSR count). The molecule has 0 saturated carbocycles. The Bertz CT molecular complexity index is 2370. The third kappa shape index (κ3) is 8.93. The smallest absolute Gasteiger partial charge is 0.265 e. The Morgan fingerprint density at radius 2 is 1.24 bits per heavy atom. The number of allylic oxidation sites excluding steroid dienone is 5. The topological polar surface area (TPSA) is 77.6 Å². The largest absolute Gasteiger partial charge is 0.507 e. The van der Waals surface area contributed by atoms with Crippen LogP contribution in [0.3, 0.4) is 0 Å². The van der Waals surface area contributed by atoms with Gasteiger partial charge in [-0.2, -0.15) is 13.0 Å². The van der Waals surface area contributed by atoms with Crippen LogP contribution in [0.5, 0.6) is 5.75 Å². The predicted octanol–water partition coefficient (Wildman–Crippen LogP) is 11.5. The van der Waals surface area contributed by atoms with Crippen LogP contribution in [-0.2, 0) is 26.4 Å². The molecule has 0 fully saturated rings. The number of benzene rings is 4. The number of hydrogen-bond donors (Lipinski definition) is 2. The van der Waals surface area contributed by atoms with Gasteiger partial charge in [0.1, 0.15) is 12.3 Å². The van der Waals surface area contributed by atoms with Gasteiger partial charge in [0.05, 0.1) is 11.2 Å². The molecule has 4 aromatic rings. The average Bonchev–Trinajstić information content (AvgIpc) is 3.34. The standard InChI is InChI=1S/C49H55NO4S/c1-34-18-11-13-20-41(34)47(5,6)36(3)24-26-38-32-39(27-25-37(4)48(7,8)42-21-14-12-19-35(42)2)46(51)40(33-38)28-29-45-49(9,10)43-22-15-16-23-44(43)50(45)30-17-31-55(52,53)54/h11-16,18-29,32-33H,3-4,17,30-31H2,1-2,5-10H3,(H,52,53,54)/p+1/b26-24+,27-25+. The summed E-state index contributed by atoms with van der Waals surface area (Å²) < 4.78 is 34.8. The zero-order valence-electron chi connectivity index (χ0n) is 33.6. The van der Waals surface area contributed by atoms with Crippen LogP contribution in [0, 0.1) is 13.8 Å². The zero-order valence-corrected chi connectivity index (χ0v) is 34.5. The van der Waals surface area contributed by atoms with E-state index in [0.29, 0.717) is 17.7 Å². The maximum absolute atomic E-state index is 11.9. The molecule has 0 aromatic heterocycles. The van der Waals surface area contributed by atoms with E-state index in [1.54, 1.807) is 0 Å². The van der Waals surface area contributed by atoms with Gasteiger partial charge in [0.15, 0.2) is 5.71 Å². The molecule has 0 spiro atoms. The van der Waals surface area contributed by atoms with Crippen LogP contribution in [0.25, 0.3) is 18.2 Å². The quantitative estimate of drug-likeness (QED) is 0.0763. The van der Waals surface area contributed by atoms with Gasteiger partial charge in [-0.3, -0.25) is 4.55 Å². The molecule has 5 nitrogen and oxygen atoms in total. The van der Waals surface area contributed by atoms with E-state index >= 15 is 0 Å². The van der Waals surface area contributed by atoms with Crippen molar-refractivity contribution in [2.45, 2.75) is 78.1 Å². The lowest BCUT2D eigenvalue weighted by molar-refractivity contribution is -0.437. The van der Waals surface area contributed by atoms with Crippen LogP contribution in [-0.4, -0.2) is 40.7 Å². The van der Waals surface area contributed by atoms with E-state index in [2.05, 4.69) is 116 Å². The molecule has 0 aliphatic carbocycles. The number of phenolic OH excluding ortho intramolecular Hbond substituents is 1. The van der Waals surface area contributed by atoms with Gasteiger partial charge < -0.3 is 5.11 Å². The number of phenols is 1. The zero-order chi connectivity index (χ0) is 40.3. The molecule has 286 valence electrons. The molecule has 4 aromatic carbocycles. The summed E-state index contributed by atoms with van der Waals surface area (Å²) >= 11 is 0. The Kier molecular flexibility index (Phi) is 11.9. The fraction of sp³-hybridized carbons (Fsp3) is 0.286. The first-order valence-corrected chi connectivity index (χ1v) is 20.5. The van der Waals surface area contributed by atoms with E-state index < -0.39 is 15.5 Å². The average molecular weight is 755 g/mol. The first kappa shape index (κ1) is 41.1. The Morgan fingerprint density at radius 3 is 1.78 bits per heavy atom. The summed E-state index contributed by atoms with van der Waals surface area (Å²) in [6.07, 6.45) is 12.2. The molecular weight excluding hydrogens is 699 g/mol. The molecule has 0 bridgehead atoms. The van der Waals surface area contributed by atoms with Gasteiger partial charge in [-0.05, 0) is 84.9 Å². The number of fused-ring (bicyclic) bond motifs is 1. The van der Waals surface area contributed by atoms with Crippen LogP contribution >= 0.6 is 0 Å². The second kappa shape index (κ2) is 16.0. The summed E-state index contributed by atoms with van der Waals surface area (Å²) in [6, 6.07) is 28.8. The lowest BCUT2D eigenvalue weighted by Gasteiger charge is -2.28. The second-order valence-electron chi connectivity index (χ2n) is 16.3. The van der Waals surface area contributed by atoms with Gasteiger partial charge >= 0.3 is 0 Å². The number of rotatable bonds is 14. The molecule has 1 aliphatic rings. The molecule has 1 heterocycles. The lowest BCUT2D eigenvalue weighted by atomic mass is 9.76. The highest BCUT2D eigenvalue weighted by atomic mass is 32.2. The Balaban J connectivity index is 1.59. The Hall–Kier alpha value is -5.04. The van der Waals surface area contributed by atoms with Crippen LogP contribution in [0.2, 0.25) is 0 Å². The van der Waals surface area contributed by atoms with Crippen LogP contribution < -0.4 is 0 Å². The van der Waals surface area contributed by atoms with Crippen molar-refractivity contribution in [1.29, 1.82) is 0 Å². The van der Waals surface area contributed by atoms with Gasteiger partial charge in [-0.1, -0.05) is 132 Å². The summed E-state index contributed by atoms with van der Waals surface area (Å²) in [5.74, 6) is -0.191. The van der Waals surface area contributed by atoms with Gasteiger partial charge in [-0.25, -0.2) is 0 Å². The number of hydrogen-bond acceptors (Lipinski definition) is 3. The number of aromatic hydroxyl groups is 1. The predicted molar refractivity (Wildman–Crippen MR) is 232 cm³/mol. The molecule has 1 aliphatic heterocycles. The van der Waals surface area contributed by atoms with E-state index in [4.69, 9.17) is 0 Å². The van der Waals surface area contributed by atoms with Gasteiger partial charge in [0, 0.05) is 46.1 Å². The Labute approximate surface area is 329 Å². The van der Waals surface area contributed by atoms with E-state index in [9.17, 15) is 18.1 Å². The van der Waals surface area contributed by atoms with Crippen molar-refractivity contribution in [3.05, 3.63) is 172 Å². The molecular formula is C49H56NO4S+. The molecule has 0 saturated heterocycles. The molecule has 6 heteroatoms.